The fourth-order valence-corrected chi connectivity index (χ4v) is 4.95. The van der Waals surface area contributed by atoms with Gasteiger partial charge in [0.05, 0.1) is 25.5 Å². The summed E-state index contributed by atoms with van der Waals surface area (Å²) in [6.07, 6.45) is 1.46. The van der Waals surface area contributed by atoms with Crippen LogP contribution in [0.1, 0.15) is 35.7 Å². The number of ether oxygens (including phenoxy) is 2. The van der Waals surface area contributed by atoms with Crippen LogP contribution in [0.4, 0.5) is 13.2 Å². The zero-order valence-electron chi connectivity index (χ0n) is 22.4. The van der Waals surface area contributed by atoms with Gasteiger partial charge >= 0.3 is 6.18 Å². The maximum absolute atomic E-state index is 13.1. The zero-order chi connectivity index (χ0) is 29.0. The quantitative estimate of drug-likeness (QED) is 0.282. The minimum Gasteiger partial charge on any atom is -0.469 e. The lowest BCUT2D eigenvalue weighted by molar-refractivity contribution is -0.140. The van der Waals surface area contributed by atoms with Crippen LogP contribution in [0.3, 0.4) is 0 Å². The van der Waals surface area contributed by atoms with Gasteiger partial charge in [0.25, 0.3) is 5.56 Å². The van der Waals surface area contributed by atoms with Crippen molar-refractivity contribution in [2.24, 2.45) is 7.05 Å². The topological polar surface area (TPSA) is 110 Å². The van der Waals surface area contributed by atoms with Crippen LogP contribution in [0.5, 0.6) is 5.88 Å². The van der Waals surface area contributed by atoms with Crippen LogP contribution in [-0.4, -0.2) is 53.4 Å². The van der Waals surface area contributed by atoms with Crippen molar-refractivity contribution in [3.63, 3.8) is 0 Å². The van der Waals surface area contributed by atoms with Crippen molar-refractivity contribution in [2.75, 3.05) is 13.2 Å². The highest BCUT2D eigenvalue weighted by molar-refractivity contribution is 5.78. The molecule has 0 spiro atoms. The predicted molar refractivity (Wildman–Crippen MR) is 145 cm³/mol. The summed E-state index contributed by atoms with van der Waals surface area (Å²) in [5, 5.41) is 0.669. The Hall–Kier alpha value is -4.65. The third-order valence-electron chi connectivity index (χ3n) is 7.36. The van der Waals surface area contributed by atoms with Crippen LogP contribution in [0, 0.1) is 0 Å². The molecule has 0 atom stereocenters. The number of aryl methyl sites for hydroxylation is 1. The van der Waals surface area contributed by atoms with Gasteiger partial charge in [-0.1, -0.05) is 24.3 Å². The molecular formula is C29H24F3N7O3. The van der Waals surface area contributed by atoms with E-state index < -0.39 is 11.9 Å². The van der Waals surface area contributed by atoms with Gasteiger partial charge in [0.1, 0.15) is 29.5 Å². The normalized spacial score (nSPS) is 15.6. The van der Waals surface area contributed by atoms with E-state index in [-0.39, 0.29) is 30.0 Å². The molecule has 5 heterocycles. The summed E-state index contributed by atoms with van der Waals surface area (Å²) in [6, 6.07) is 10.0. The highest BCUT2D eigenvalue weighted by Crippen LogP contribution is 2.45. The molecule has 0 amide bonds. The zero-order valence-corrected chi connectivity index (χ0v) is 22.4. The monoisotopic (exact) mass is 575 g/mol. The highest BCUT2D eigenvalue weighted by atomic mass is 19.4. The molecular weight excluding hydrogens is 551 g/mol. The standard InChI is InChI=1S/C29H24F3N7O3/c1-38-12-21(29(30,31)32)36-26(38)18-4-2-16(3-5-18)11-39-22(40)9-8-19-10-33-25(37-27(19)39)23-24(17-6-7-17)34-15-35-28(23)42-20-13-41-14-20/h2-5,8-10,12,15,17,20H,6-7,11,13-14H2,1H3. The fourth-order valence-electron chi connectivity index (χ4n) is 4.95. The molecule has 1 aliphatic carbocycles. The van der Waals surface area contributed by atoms with Crippen LogP contribution in [0.15, 0.2) is 59.9 Å². The maximum atomic E-state index is 13.1. The third kappa shape index (κ3) is 4.89. The number of fused-ring (bicyclic) bond motifs is 1. The molecule has 2 aliphatic rings. The summed E-state index contributed by atoms with van der Waals surface area (Å²) in [5.41, 5.74) is 1.94. The lowest BCUT2D eigenvalue weighted by Crippen LogP contribution is -2.39. The van der Waals surface area contributed by atoms with Gasteiger partial charge in [-0.25, -0.2) is 24.9 Å². The highest BCUT2D eigenvalue weighted by Gasteiger charge is 2.35. The van der Waals surface area contributed by atoms with Gasteiger partial charge in [-0.15, -0.1) is 0 Å². The Labute approximate surface area is 236 Å². The lowest BCUT2D eigenvalue weighted by atomic mass is 10.1. The number of aromatic nitrogens is 7. The molecule has 42 heavy (non-hydrogen) atoms. The SMILES string of the molecule is Cn1cc(C(F)(F)F)nc1-c1ccc(Cn2c(=O)ccc3cnc(-c4c(OC5COC5)ncnc4C4CC4)nc32)cc1. The van der Waals surface area contributed by atoms with E-state index in [2.05, 4.69) is 19.9 Å². The minimum absolute atomic E-state index is 0.113. The van der Waals surface area contributed by atoms with E-state index in [4.69, 9.17) is 14.5 Å². The summed E-state index contributed by atoms with van der Waals surface area (Å²) >= 11 is 0. The fraction of sp³-hybridized carbons (Fsp3) is 0.310. The molecule has 13 heteroatoms. The lowest BCUT2D eigenvalue weighted by Gasteiger charge is -2.27. The predicted octanol–water partition coefficient (Wildman–Crippen LogP) is 4.37. The van der Waals surface area contributed by atoms with E-state index in [9.17, 15) is 18.0 Å². The molecule has 1 saturated carbocycles. The summed E-state index contributed by atoms with van der Waals surface area (Å²) in [6.45, 7) is 1.14. The molecule has 1 saturated heterocycles. The Kier molecular flexibility index (Phi) is 6.26. The number of nitrogens with zero attached hydrogens (tertiary/aromatic N) is 7. The second kappa shape index (κ2) is 10.0. The van der Waals surface area contributed by atoms with E-state index in [0.717, 1.165) is 30.3 Å². The van der Waals surface area contributed by atoms with E-state index in [1.54, 1.807) is 41.1 Å². The van der Waals surface area contributed by atoms with Gasteiger partial charge in [-0.05, 0) is 24.5 Å². The van der Waals surface area contributed by atoms with Crippen LogP contribution in [0.2, 0.25) is 0 Å². The van der Waals surface area contributed by atoms with Crippen molar-refractivity contribution in [3.8, 4) is 28.7 Å². The molecule has 7 rings (SSSR count). The number of pyridine rings is 1. The Balaban J connectivity index is 1.25. The molecule has 214 valence electrons. The Morgan fingerprint density at radius 3 is 2.48 bits per heavy atom. The molecule has 1 aromatic carbocycles. The Morgan fingerprint density at radius 2 is 1.81 bits per heavy atom. The van der Waals surface area contributed by atoms with Crippen molar-refractivity contribution in [2.45, 2.75) is 37.6 Å². The second-order valence-electron chi connectivity index (χ2n) is 10.5. The van der Waals surface area contributed by atoms with Crippen molar-refractivity contribution >= 4 is 11.0 Å². The van der Waals surface area contributed by atoms with Crippen molar-refractivity contribution in [1.82, 2.24) is 34.1 Å². The Bertz CT molecular complexity index is 1860. The van der Waals surface area contributed by atoms with Gasteiger partial charge in [-0.2, -0.15) is 13.2 Å². The summed E-state index contributed by atoms with van der Waals surface area (Å²) in [5.74, 6) is 1.22. The first-order chi connectivity index (χ1) is 20.2. The number of hydrogen-bond acceptors (Lipinski definition) is 8. The molecule has 5 aromatic rings. The first-order valence-electron chi connectivity index (χ1n) is 13.4. The number of alkyl halides is 3. The van der Waals surface area contributed by atoms with Gasteiger partial charge in [0.2, 0.25) is 5.88 Å². The van der Waals surface area contributed by atoms with Crippen LogP contribution < -0.4 is 10.3 Å². The molecule has 0 bridgehead atoms. The molecule has 0 N–H and O–H groups in total. The van der Waals surface area contributed by atoms with Crippen molar-refractivity contribution < 1.29 is 22.6 Å². The van der Waals surface area contributed by atoms with Gasteiger partial charge in [0.15, 0.2) is 11.5 Å². The van der Waals surface area contributed by atoms with Crippen molar-refractivity contribution in [3.05, 3.63) is 82.4 Å². The maximum Gasteiger partial charge on any atom is 0.434 e. The van der Waals surface area contributed by atoms with Crippen LogP contribution in [0.25, 0.3) is 33.8 Å². The van der Waals surface area contributed by atoms with E-state index in [1.807, 2.05) is 0 Å². The van der Waals surface area contributed by atoms with Gasteiger partial charge in [-0.3, -0.25) is 9.36 Å². The number of benzene rings is 1. The average Bonchev–Trinajstić information content (AvgIpc) is 3.72. The molecule has 0 unspecified atom stereocenters. The summed E-state index contributed by atoms with van der Waals surface area (Å²) < 4.78 is 53.6. The van der Waals surface area contributed by atoms with Gasteiger partial charge < -0.3 is 14.0 Å². The number of imidazole rings is 1. The smallest absolute Gasteiger partial charge is 0.434 e. The number of halogens is 3. The van der Waals surface area contributed by atoms with E-state index in [1.165, 1.54) is 24.0 Å². The second-order valence-corrected chi connectivity index (χ2v) is 10.5. The average molecular weight is 576 g/mol. The molecule has 4 aromatic heterocycles. The molecule has 10 nitrogen and oxygen atoms in total. The van der Waals surface area contributed by atoms with E-state index in [0.29, 0.717) is 47.1 Å². The molecule has 2 fully saturated rings. The minimum atomic E-state index is -4.53. The summed E-state index contributed by atoms with van der Waals surface area (Å²) in [4.78, 5) is 35.2. The summed E-state index contributed by atoms with van der Waals surface area (Å²) in [7, 11) is 1.52. The van der Waals surface area contributed by atoms with Crippen LogP contribution in [-0.2, 0) is 24.5 Å². The largest absolute Gasteiger partial charge is 0.469 e. The number of rotatable bonds is 7. The third-order valence-corrected chi connectivity index (χ3v) is 7.36. The first kappa shape index (κ1) is 26.3. The number of hydrogen-bond donors (Lipinski definition) is 0. The first-order valence-corrected chi connectivity index (χ1v) is 13.4. The van der Waals surface area contributed by atoms with Crippen molar-refractivity contribution in [1.29, 1.82) is 0 Å². The van der Waals surface area contributed by atoms with E-state index >= 15 is 0 Å². The van der Waals surface area contributed by atoms with Gasteiger partial charge in [0, 0.05) is 42.4 Å². The Morgan fingerprint density at radius 1 is 1.02 bits per heavy atom. The molecule has 0 radical (unpaired) electrons. The molecule has 1 aliphatic heterocycles. The van der Waals surface area contributed by atoms with Crippen LogP contribution >= 0.6 is 0 Å².